The van der Waals surface area contributed by atoms with Crippen LogP contribution in [0.3, 0.4) is 0 Å². The van der Waals surface area contributed by atoms with Gasteiger partial charge in [0.1, 0.15) is 5.82 Å². The molecule has 0 spiro atoms. The zero-order chi connectivity index (χ0) is 20.2. The van der Waals surface area contributed by atoms with Crippen molar-refractivity contribution in [2.24, 2.45) is 0 Å². The van der Waals surface area contributed by atoms with Crippen LogP contribution in [0, 0.1) is 5.82 Å². The molecule has 2 saturated heterocycles. The minimum Gasteiger partial charge on any atom is -0.340 e. The predicted octanol–water partition coefficient (Wildman–Crippen LogP) is 1.21. The lowest BCUT2D eigenvalue weighted by Gasteiger charge is -2.43. The monoisotopic (exact) mass is 402 g/mol. The van der Waals surface area contributed by atoms with E-state index >= 15 is 0 Å². The summed E-state index contributed by atoms with van der Waals surface area (Å²) in [4.78, 5) is 33.6. The topological polar surface area (TPSA) is 47.1 Å². The van der Waals surface area contributed by atoms with Gasteiger partial charge in [0.25, 0.3) is 0 Å². The van der Waals surface area contributed by atoms with Gasteiger partial charge < -0.3 is 9.80 Å². The van der Waals surface area contributed by atoms with Crippen molar-refractivity contribution in [2.45, 2.75) is 31.7 Å². The maximum absolute atomic E-state index is 13.8. The van der Waals surface area contributed by atoms with Crippen LogP contribution >= 0.6 is 0 Å². The van der Waals surface area contributed by atoms with Gasteiger partial charge in [0.2, 0.25) is 11.8 Å². The number of halogens is 1. The zero-order valence-corrected chi connectivity index (χ0v) is 17.1. The van der Waals surface area contributed by atoms with Crippen molar-refractivity contribution < 1.29 is 14.0 Å². The molecule has 1 aliphatic carbocycles. The molecule has 3 fully saturated rings. The van der Waals surface area contributed by atoms with E-state index in [9.17, 15) is 14.0 Å². The second-order valence-electron chi connectivity index (χ2n) is 8.43. The fraction of sp³-hybridized carbons (Fsp3) is 0.636. The molecule has 0 N–H and O–H groups in total. The molecule has 1 aromatic carbocycles. The lowest BCUT2D eigenvalue weighted by Crippen LogP contribution is -2.56. The Balaban J connectivity index is 1.18. The van der Waals surface area contributed by atoms with Crippen LogP contribution in [-0.2, 0) is 16.0 Å². The molecule has 7 heteroatoms. The van der Waals surface area contributed by atoms with Crippen molar-refractivity contribution in [3.63, 3.8) is 0 Å². The normalized spacial score (nSPS) is 21.8. The Bertz CT molecular complexity index is 723. The SMILES string of the molecule is O=C(Cc1ccccc1F)N1CCN(CC(=O)N2CCN(C3CCC3)CC2)CC1. The summed E-state index contributed by atoms with van der Waals surface area (Å²) in [5.74, 6) is -0.180. The fourth-order valence-corrected chi connectivity index (χ4v) is 4.45. The van der Waals surface area contributed by atoms with Gasteiger partial charge >= 0.3 is 0 Å². The van der Waals surface area contributed by atoms with Crippen LogP contribution in [-0.4, -0.2) is 96.4 Å². The van der Waals surface area contributed by atoms with Crippen molar-refractivity contribution in [1.82, 2.24) is 19.6 Å². The molecule has 0 unspecified atom stereocenters. The van der Waals surface area contributed by atoms with Crippen LogP contribution in [0.1, 0.15) is 24.8 Å². The molecule has 29 heavy (non-hydrogen) atoms. The number of hydrogen-bond donors (Lipinski definition) is 0. The first-order chi connectivity index (χ1) is 14.1. The highest BCUT2D eigenvalue weighted by Gasteiger charge is 2.30. The minimum absolute atomic E-state index is 0.0480. The van der Waals surface area contributed by atoms with E-state index in [0.717, 1.165) is 32.2 Å². The van der Waals surface area contributed by atoms with Crippen molar-refractivity contribution in [3.05, 3.63) is 35.6 Å². The summed E-state index contributed by atoms with van der Waals surface area (Å²) in [5, 5.41) is 0. The Labute approximate surface area is 172 Å². The molecule has 3 aliphatic rings. The van der Waals surface area contributed by atoms with Crippen LogP contribution in [0.15, 0.2) is 24.3 Å². The third kappa shape index (κ3) is 4.95. The largest absolute Gasteiger partial charge is 0.340 e. The van der Waals surface area contributed by atoms with E-state index in [2.05, 4.69) is 9.80 Å². The van der Waals surface area contributed by atoms with E-state index in [1.54, 1.807) is 23.1 Å². The summed E-state index contributed by atoms with van der Waals surface area (Å²) in [6.07, 6.45) is 4.07. The quantitative estimate of drug-likeness (QED) is 0.743. The van der Waals surface area contributed by atoms with Crippen LogP contribution < -0.4 is 0 Å². The van der Waals surface area contributed by atoms with Gasteiger partial charge in [-0.25, -0.2) is 4.39 Å². The molecular weight excluding hydrogens is 371 g/mol. The van der Waals surface area contributed by atoms with E-state index in [0.29, 0.717) is 38.3 Å². The molecule has 2 amide bonds. The first-order valence-electron chi connectivity index (χ1n) is 10.9. The summed E-state index contributed by atoms with van der Waals surface area (Å²) in [7, 11) is 0. The third-order valence-electron chi connectivity index (χ3n) is 6.64. The molecule has 158 valence electrons. The Morgan fingerprint density at radius 2 is 1.48 bits per heavy atom. The van der Waals surface area contributed by atoms with Gasteiger partial charge in [-0.05, 0) is 24.5 Å². The lowest BCUT2D eigenvalue weighted by molar-refractivity contribution is -0.136. The van der Waals surface area contributed by atoms with Crippen molar-refractivity contribution >= 4 is 11.8 Å². The van der Waals surface area contributed by atoms with Gasteiger partial charge in [-0.15, -0.1) is 0 Å². The van der Waals surface area contributed by atoms with Gasteiger partial charge in [-0.2, -0.15) is 0 Å². The second kappa shape index (κ2) is 9.22. The first-order valence-corrected chi connectivity index (χ1v) is 10.9. The van der Waals surface area contributed by atoms with E-state index in [-0.39, 0.29) is 24.1 Å². The Hall–Kier alpha value is -1.99. The van der Waals surface area contributed by atoms with Gasteiger partial charge in [0.15, 0.2) is 0 Å². The van der Waals surface area contributed by atoms with Crippen molar-refractivity contribution in [3.8, 4) is 0 Å². The first kappa shape index (κ1) is 20.3. The van der Waals surface area contributed by atoms with E-state index in [1.807, 2.05) is 4.90 Å². The molecule has 6 nitrogen and oxygen atoms in total. The number of carbonyl (C=O) groups is 2. The minimum atomic E-state index is -0.331. The number of carbonyl (C=O) groups excluding carboxylic acids is 2. The Kier molecular flexibility index (Phi) is 6.45. The van der Waals surface area contributed by atoms with E-state index < -0.39 is 0 Å². The summed E-state index contributed by atoms with van der Waals surface area (Å²) in [6.45, 7) is 6.65. The molecule has 0 radical (unpaired) electrons. The average Bonchev–Trinajstić information content (AvgIpc) is 2.69. The van der Waals surface area contributed by atoms with Gasteiger partial charge in [-0.3, -0.25) is 19.4 Å². The summed E-state index contributed by atoms with van der Waals surface area (Å²) < 4.78 is 13.8. The highest BCUT2D eigenvalue weighted by molar-refractivity contribution is 5.79. The number of nitrogens with zero attached hydrogens (tertiary/aromatic N) is 4. The van der Waals surface area contributed by atoms with Crippen LogP contribution in [0.4, 0.5) is 4.39 Å². The molecule has 2 heterocycles. The number of amides is 2. The molecular formula is C22H31FN4O2. The fourth-order valence-electron chi connectivity index (χ4n) is 4.45. The van der Waals surface area contributed by atoms with Crippen LogP contribution in [0.5, 0.6) is 0 Å². The van der Waals surface area contributed by atoms with E-state index in [4.69, 9.17) is 0 Å². The highest BCUT2D eigenvalue weighted by Crippen LogP contribution is 2.25. The summed E-state index contributed by atoms with van der Waals surface area (Å²) in [6, 6.07) is 7.18. The third-order valence-corrected chi connectivity index (χ3v) is 6.64. The molecule has 1 saturated carbocycles. The van der Waals surface area contributed by atoms with Gasteiger partial charge in [-0.1, -0.05) is 24.6 Å². The molecule has 4 rings (SSSR count). The van der Waals surface area contributed by atoms with Gasteiger partial charge in [0, 0.05) is 58.4 Å². The molecule has 1 aromatic rings. The smallest absolute Gasteiger partial charge is 0.236 e. The standard InChI is InChI=1S/C22H31FN4O2/c23-20-7-2-1-4-18(20)16-21(28)26-10-8-24(9-11-26)17-22(29)27-14-12-25(13-15-27)19-5-3-6-19/h1-2,4,7,19H,3,5-6,8-17H2. The Morgan fingerprint density at radius 1 is 0.862 bits per heavy atom. The highest BCUT2D eigenvalue weighted by atomic mass is 19.1. The number of rotatable bonds is 5. The van der Waals surface area contributed by atoms with Crippen molar-refractivity contribution in [2.75, 3.05) is 58.9 Å². The predicted molar refractivity (Wildman–Crippen MR) is 109 cm³/mol. The summed E-state index contributed by atoms with van der Waals surface area (Å²) >= 11 is 0. The maximum Gasteiger partial charge on any atom is 0.236 e. The Morgan fingerprint density at radius 3 is 2.10 bits per heavy atom. The van der Waals surface area contributed by atoms with Crippen molar-refractivity contribution in [1.29, 1.82) is 0 Å². The van der Waals surface area contributed by atoms with Gasteiger partial charge in [0.05, 0.1) is 13.0 Å². The number of benzene rings is 1. The van der Waals surface area contributed by atoms with Crippen LogP contribution in [0.2, 0.25) is 0 Å². The second-order valence-corrected chi connectivity index (χ2v) is 8.43. The van der Waals surface area contributed by atoms with E-state index in [1.165, 1.54) is 25.3 Å². The number of piperazine rings is 2. The molecule has 0 atom stereocenters. The molecule has 2 aliphatic heterocycles. The molecule has 0 bridgehead atoms. The maximum atomic E-state index is 13.8. The zero-order valence-electron chi connectivity index (χ0n) is 17.1. The van der Waals surface area contributed by atoms with Crippen LogP contribution in [0.25, 0.3) is 0 Å². The molecule has 0 aromatic heterocycles. The lowest BCUT2D eigenvalue weighted by atomic mass is 9.91. The average molecular weight is 403 g/mol. The summed E-state index contributed by atoms with van der Waals surface area (Å²) in [5.41, 5.74) is 0.441. The number of hydrogen-bond acceptors (Lipinski definition) is 4.